The Morgan fingerprint density at radius 2 is 1.45 bits per heavy atom. The van der Waals surface area contributed by atoms with Crippen LogP contribution in [0, 0.1) is 25.5 Å². The molecule has 0 aromatic heterocycles. The molecule has 5 heteroatoms. The van der Waals surface area contributed by atoms with E-state index in [2.05, 4.69) is 10.6 Å². The van der Waals surface area contributed by atoms with Crippen LogP contribution in [0.5, 0.6) is 0 Å². The van der Waals surface area contributed by atoms with Crippen LogP contribution in [0.25, 0.3) is 0 Å². The van der Waals surface area contributed by atoms with Crippen molar-refractivity contribution in [2.75, 3.05) is 10.6 Å². The second-order valence-electron chi connectivity index (χ2n) is 4.50. The number of nitrogens with one attached hydrogen (secondary N) is 2. The van der Waals surface area contributed by atoms with Crippen molar-refractivity contribution < 1.29 is 8.78 Å². The van der Waals surface area contributed by atoms with Crippen LogP contribution in [0.2, 0.25) is 0 Å². The van der Waals surface area contributed by atoms with E-state index >= 15 is 0 Å². The summed E-state index contributed by atoms with van der Waals surface area (Å²) in [4.78, 5) is 0. The summed E-state index contributed by atoms with van der Waals surface area (Å²) in [5.41, 5.74) is 2.93. The predicted molar refractivity (Wildman–Crippen MR) is 82.1 cm³/mol. The normalized spacial score (nSPS) is 10.2. The predicted octanol–water partition coefficient (Wildman–Crippen LogP) is 4.39. The van der Waals surface area contributed by atoms with Crippen molar-refractivity contribution in [1.82, 2.24) is 0 Å². The maximum atomic E-state index is 13.2. The molecular formula is C15H14F2N2S. The van der Waals surface area contributed by atoms with Crippen LogP contribution in [0.1, 0.15) is 11.1 Å². The van der Waals surface area contributed by atoms with E-state index in [1.807, 2.05) is 6.92 Å². The first-order valence-corrected chi connectivity index (χ1v) is 6.47. The van der Waals surface area contributed by atoms with Crippen molar-refractivity contribution >= 4 is 28.7 Å². The van der Waals surface area contributed by atoms with Crippen molar-refractivity contribution in [3.8, 4) is 0 Å². The van der Waals surface area contributed by atoms with Gasteiger partial charge in [0.1, 0.15) is 11.6 Å². The molecule has 2 aromatic carbocycles. The second-order valence-corrected chi connectivity index (χ2v) is 4.91. The molecule has 0 heterocycles. The lowest BCUT2D eigenvalue weighted by Crippen LogP contribution is -2.20. The van der Waals surface area contributed by atoms with Gasteiger partial charge in [-0.2, -0.15) is 0 Å². The standard InChI is InChI=1S/C15H14F2N2S/c1-9-3-4-12(17)8-14(9)19-15(20)18-13-6-5-11(16)7-10(13)2/h3-8H,1-2H3,(H2,18,19,20). The monoisotopic (exact) mass is 292 g/mol. The molecule has 20 heavy (non-hydrogen) atoms. The van der Waals surface area contributed by atoms with E-state index in [1.54, 1.807) is 19.1 Å². The summed E-state index contributed by atoms with van der Waals surface area (Å²) in [7, 11) is 0. The third-order valence-electron chi connectivity index (χ3n) is 2.88. The lowest BCUT2D eigenvalue weighted by molar-refractivity contribution is 0.626. The number of benzene rings is 2. The maximum Gasteiger partial charge on any atom is 0.175 e. The summed E-state index contributed by atoms with van der Waals surface area (Å²) in [6.07, 6.45) is 0. The highest BCUT2D eigenvalue weighted by molar-refractivity contribution is 7.80. The van der Waals surface area contributed by atoms with Gasteiger partial charge in [-0.15, -0.1) is 0 Å². The zero-order chi connectivity index (χ0) is 14.7. The lowest BCUT2D eigenvalue weighted by Gasteiger charge is -2.14. The molecule has 0 saturated heterocycles. The molecule has 2 aromatic rings. The molecule has 0 amide bonds. The Kier molecular flexibility index (Phi) is 4.29. The van der Waals surface area contributed by atoms with Crippen LogP contribution >= 0.6 is 12.2 Å². The molecular weight excluding hydrogens is 278 g/mol. The van der Waals surface area contributed by atoms with Gasteiger partial charge in [0.15, 0.2) is 5.11 Å². The molecule has 2 nitrogen and oxygen atoms in total. The molecule has 104 valence electrons. The van der Waals surface area contributed by atoms with Crippen molar-refractivity contribution in [3.05, 3.63) is 59.2 Å². The van der Waals surface area contributed by atoms with Gasteiger partial charge in [-0.25, -0.2) is 8.78 Å². The number of thiocarbonyl (C=S) groups is 1. The summed E-state index contributed by atoms with van der Waals surface area (Å²) in [5.74, 6) is -0.633. The summed E-state index contributed by atoms with van der Waals surface area (Å²) >= 11 is 5.17. The van der Waals surface area contributed by atoms with Crippen LogP contribution in [0.3, 0.4) is 0 Å². The number of aryl methyl sites for hydroxylation is 2. The van der Waals surface area contributed by atoms with Gasteiger partial charge in [0.2, 0.25) is 0 Å². The second kappa shape index (κ2) is 5.96. The summed E-state index contributed by atoms with van der Waals surface area (Å²) in [6, 6.07) is 8.81. The van der Waals surface area contributed by atoms with Gasteiger partial charge >= 0.3 is 0 Å². The Morgan fingerprint density at radius 3 is 2.15 bits per heavy atom. The molecule has 0 aliphatic rings. The first-order valence-electron chi connectivity index (χ1n) is 6.06. The van der Waals surface area contributed by atoms with Gasteiger partial charge in [-0.3, -0.25) is 0 Å². The van der Waals surface area contributed by atoms with Crippen molar-refractivity contribution in [1.29, 1.82) is 0 Å². The molecule has 0 fully saturated rings. The minimum atomic E-state index is -0.334. The minimum absolute atomic E-state index is 0.298. The molecule has 0 unspecified atom stereocenters. The minimum Gasteiger partial charge on any atom is -0.332 e. The van der Waals surface area contributed by atoms with Crippen LogP contribution in [0.4, 0.5) is 20.2 Å². The molecule has 2 rings (SSSR count). The summed E-state index contributed by atoms with van der Waals surface area (Å²) in [5, 5.41) is 6.22. The quantitative estimate of drug-likeness (QED) is 0.803. The van der Waals surface area contributed by atoms with E-state index in [0.717, 1.165) is 11.1 Å². The van der Waals surface area contributed by atoms with Crippen molar-refractivity contribution in [2.24, 2.45) is 0 Å². The van der Waals surface area contributed by atoms with E-state index in [0.29, 0.717) is 16.5 Å². The third-order valence-corrected chi connectivity index (χ3v) is 3.09. The fourth-order valence-corrected chi connectivity index (χ4v) is 1.99. The third kappa shape index (κ3) is 3.51. The van der Waals surface area contributed by atoms with Gasteiger partial charge in [-0.1, -0.05) is 6.07 Å². The smallest absolute Gasteiger partial charge is 0.175 e. The van der Waals surface area contributed by atoms with E-state index in [4.69, 9.17) is 12.2 Å². The van der Waals surface area contributed by atoms with Gasteiger partial charge in [0.25, 0.3) is 0 Å². The number of anilines is 2. The van der Waals surface area contributed by atoms with Crippen LogP contribution in [0.15, 0.2) is 36.4 Å². The fraction of sp³-hybridized carbons (Fsp3) is 0.133. The maximum absolute atomic E-state index is 13.2. The van der Waals surface area contributed by atoms with Crippen molar-refractivity contribution in [3.63, 3.8) is 0 Å². The number of hydrogen-bond donors (Lipinski definition) is 2. The first kappa shape index (κ1) is 14.4. The Morgan fingerprint density at radius 1 is 0.850 bits per heavy atom. The van der Waals surface area contributed by atoms with Crippen LogP contribution in [-0.4, -0.2) is 5.11 Å². The highest BCUT2D eigenvalue weighted by atomic mass is 32.1. The molecule has 2 N–H and O–H groups in total. The highest BCUT2D eigenvalue weighted by Crippen LogP contribution is 2.18. The molecule has 0 bridgehead atoms. The van der Waals surface area contributed by atoms with E-state index in [1.165, 1.54) is 24.3 Å². The molecule has 0 aliphatic carbocycles. The Labute approximate surface area is 121 Å². The number of halogens is 2. The number of rotatable bonds is 2. The highest BCUT2D eigenvalue weighted by Gasteiger charge is 2.05. The molecule has 0 saturated carbocycles. The van der Waals surface area contributed by atoms with Crippen LogP contribution in [-0.2, 0) is 0 Å². The zero-order valence-corrected chi connectivity index (χ0v) is 11.9. The van der Waals surface area contributed by atoms with Gasteiger partial charge in [-0.05, 0) is 67.5 Å². The average molecular weight is 292 g/mol. The van der Waals surface area contributed by atoms with E-state index < -0.39 is 0 Å². The number of hydrogen-bond acceptors (Lipinski definition) is 1. The zero-order valence-electron chi connectivity index (χ0n) is 11.1. The average Bonchev–Trinajstić information content (AvgIpc) is 2.37. The Bertz CT molecular complexity index is 656. The fourth-order valence-electron chi connectivity index (χ4n) is 1.77. The van der Waals surface area contributed by atoms with Crippen LogP contribution < -0.4 is 10.6 Å². The van der Waals surface area contributed by atoms with Crippen molar-refractivity contribution in [2.45, 2.75) is 13.8 Å². The Balaban J connectivity index is 2.11. The van der Waals surface area contributed by atoms with E-state index in [-0.39, 0.29) is 11.6 Å². The summed E-state index contributed by atoms with van der Waals surface area (Å²) in [6.45, 7) is 3.63. The van der Waals surface area contributed by atoms with Gasteiger partial charge in [0.05, 0.1) is 0 Å². The lowest BCUT2D eigenvalue weighted by atomic mass is 10.2. The van der Waals surface area contributed by atoms with E-state index in [9.17, 15) is 8.78 Å². The first-order chi connectivity index (χ1) is 9.45. The SMILES string of the molecule is Cc1cc(F)ccc1NC(=S)Nc1cc(F)ccc1C. The molecule has 0 spiro atoms. The Hall–Kier alpha value is -2.01. The topological polar surface area (TPSA) is 24.1 Å². The molecule has 0 radical (unpaired) electrons. The summed E-state index contributed by atoms with van der Waals surface area (Å²) < 4.78 is 26.2. The molecule has 0 aliphatic heterocycles. The van der Waals surface area contributed by atoms with Gasteiger partial charge in [0, 0.05) is 11.4 Å². The molecule has 0 atom stereocenters. The van der Waals surface area contributed by atoms with Gasteiger partial charge < -0.3 is 10.6 Å². The largest absolute Gasteiger partial charge is 0.332 e.